The van der Waals surface area contributed by atoms with E-state index in [1.165, 1.54) is 5.56 Å². The Bertz CT molecular complexity index is 561. The zero-order chi connectivity index (χ0) is 20.3. The molecule has 5 heteroatoms. The molecule has 0 spiro atoms. The fourth-order valence-electron chi connectivity index (χ4n) is 2.59. The number of nitrogens with zero attached hydrogens (tertiary/aromatic N) is 1. The van der Waals surface area contributed by atoms with E-state index in [1.807, 2.05) is 32.1 Å². The van der Waals surface area contributed by atoms with Crippen LogP contribution in [0.4, 0.5) is 0 Å². The number of benzene rings is 1. The van der Waals surface area contributed by atoms with Crippen molar-refractivity contribution in [2.75, 3.05) is 7.05 Å². The summed E-state index contributed by atoms with van der Waals surface area (Å²) >= 11 is -1.04. The third-order valence-electron chi connectivity index (χ3n) is 5.23. The SMILES string of the molecule is CCCC(c1ccc(O[Si](C)(C)C(C)(C)C)cc1)N(C)[S+]([O-])C(C)(C)C. The Labute approximate surface area is 166 Å². The molecule has 0 radical (unpaired) electrons. The van der Waals surface area contributed by atoms with Gasteiger partial charge in [-0.2, -0.15) is 0 Å². The van der Waals surface area contributed by atoms with Crippen molar-refractivity contribution in [3.63, 3.8) is 0 Å². The first-order valence-electron chi connectivity index (χ1n) is 9.64. The molecule has 150 valence electrons. The summed E-state index contributed by atoms with van der Waals surface area (Å²) in [4.78, 5) is 0. The Morgan fingerprint density at radius 3 is 1.96 bits per heavy atom. The lowest BCUT2D eigenvalue weighted by Gasteiger charge is -2.37. The topological polar surface area (TPSA) is 35.5 Å². The highest BCUT2D eigenvalue weighted by Crippen LogP contribution is 2.38. The molecule has 1 rings (SSSR count). The number of hydrogen-bond donors (Lipinski definition) is 0. The lowest BCUT2D eigenvalue weighted by molar-refractivity contribution is 0.343. The summed E-state index contributed by atoms with van der Waals surface area (Å²) in [5, 5.41) is 0.181. The largest absolute Gasteiger partial charge is 0.597 e. The maximum Gasteiger partial charge on any atom is 0.250 e. The Kier molecular flexibility index (Phi) is 7.86. The van der Waals surface area contributed by atoms with Crippen LogP contribution < -0.4 is 4.43 Å². The molecule has 0 aliphatic rings. The van der Waals surface area contributed by atoms with Crippen molar-refractivity contribution in [3.05, 3.63) is 29.8 Å². The van der Waals surface area contributed by atoms with E-state index >= 15 is 0 Å². The van der Waals surface area contributed by atoms with Crippen molar-refractivity contribution in [3.8, 4) is 5.75 Å². The quantitative estimate of drug-likeness (QED) is 0.400. The van der Waals surface area contributed by atoms with Gasteiger partial charge in [0, 0.05) is 18.4 Å². The van der Waals surface area contributed by atoms with Gasteiger partial charge in [-0.1, -0.05) is 46.2 Å². The minimum atomic E-state index is -1.83. The van der Waals surface area contributed by atoms with Gasteiger partial charge in [0.05, 0.1) is 6.04 Å². The van der Waals surface area contributed by atoms with Gasteiger partial charge in [-0.3, -0.25) is 0 Å². The molecular weight excluding hydrogens is 358 g/mol. The fourth-order valence-corrected chi connectivity index (χ4v) is 4.94. The van der Waals surface area contributed by atoms with E-state index in [2.05, 4.69) is 65.1 Å². The Morgan fingerprint density at radius 2 is 1.58 bits per heavy atom. The van der Waals surface area contributed by atoms with Gasteiger partial charge in [0.25, 0.3) is 0 Å². The normalized spacial score (nSPS) is 15.8. The molecule has 0 heterocycles. The summed E-state index contributed by atoms with van der Waals surface area (Å²) in [7, 11) is 0.145. The highest BCUT2D eigenvalue weighted by molar-refractivity contribution is 7.90. The monoisotopic (exact) mass is 397 g/mol. The van der Waals surface area contributed by atoms with Crippen molar-refractivity contribution >= 4 is 19.7 Å². The molecule has 0 N–H and O–H groups in total. The molecule has 2 atom stereocenters. The van der Waals surface area contributed by atoms with E-state index in [0.29, 0.717) is 0 Å². The highest BCUT2D eigenvalue weighted by atomic mass is 32.2. The minimum absolute atomic E-state index is 0.155. The maximum atomic E-state index is 12.8. The van der Waals surface area contributed by atoms with Crippen LogP contribution >= 0.6 is 0 Å². The van der Waals surface area contributed by atoms with Crippen LogP contribution in [0.2, 0.25) is 18.1 Å². The highest BCUT2D eigenvalue weighted by Gasteiger charge is 2.39. The van der Waals surface area contributed by atoms with Crippen molar-refractivity contribution in [1.29, 1.82) is 0 Å². The van der Waals surface area contributed by atoms with Gasteiger partial charge in [0.1, 0.15) is 10.5 Å². The molecule has 0 saturated carbocycles. The molecule has 0 bridgehead atoms. The van der Waals surface area contributed by atoms with Gasteiger partial charge in [-0.25, -0.2) is 0 Å². The third-order valence-corrected chi connectivity index (χ3v) is 11.4. The summed E-state index contributed by atoms with van der Waals surface area (Å²) in [6.07, 6.45) is 2.04. The van der Waals surface area contributed by atoms with E-state index < -0.39 is 19.7 Å². The van der Waals surface area contributed by atoms with Gasteiger partial charge in [0.15, 0.2) is 0 Å². The summed E-state index contributed by atoms with van der Waals surface area (Å²) < 4.78 is 21.0. The van der Waals surface area contributed by atoms with E-state index in [1.54, 1.807) is 0 Å². The smallest absolute Gasteiger partial charge is 0.250 e. The summed E-state index contributed by atoms with van der Waals surface area (Å²) in [5.74, 6) is 0.940. The second kappa shape index (κ2) is 8.68. The third kappa shape index (κ3) is 6.01. The van der Waals surface area contributed by atoms with E-state index in [-0.39, 0.29) is 15.8 Å². The van der Waals surface area contributed by atoms with Gasteiger partial charge in [0.2, 0.25) is 8.32 Å². The summed E-state index contributed by atoms with van der Waals surface area (Å²) in [5.41, 5.74) is 1.20. The molecule has 1 aromatic carbocycles. The predicted molar refractivity (Wildman–Crippen MR) is 118 cm³/mol. The molecule has 0 amide bonds. The van der Waals surface area contributed by atoms with E-state index in [9.17, 15) is 4.55 Å². The van der Waals surface area contributed by atoms with Crippen molar-refractivity contribution in [2.45, 2.75) is 90.2 Å². The molecular formula is C21H39NO2SSi. The van der Waals surface area contributed by atoms with E-state index in [4.69, 9.17) is 4.43 Å². The van der Waals surface area contributed by atoms with Crippen molar-refractivity contribution in [2.24, 2.45) is 0 Å². The zero-order valence-corrected chi connectivity index (χ0v) is 20.3. The molecule has 0 aliphatic heterocycles. The van der Waals surface area contributed by atoms with Gasteiger partial charge >= 0.3 is 0 Å². The van der Waals surface area contributed by atoms with Gasteiger partial charge in [-0.15, -0.1) is 4.31 Å². The molecule has 2 unspecified atom stereocenters. The molecule has 26 heavy (non-hydrogen) atoms. The average molecular weight is 398 g/mol. The van der Waals surface area contributed by atoms with Gasteiger partial charge in [-0.05, 0) is 63.0 Å². The second-order valence-electron chi connectivity index (χ2n) is 9.64. The predicted octanol–water partition coefficient (Wildman–Crippen LogP) is 6.31. The van der Waals surface area contributed by atoms with Gasteiger partial charge < -0.3 is 8.98 Å². The van der Waals surface area contributed by atoms with Crippen LogP contribution in [0.15, 0.2) is 24.3 Å². The first-order valence-corrected chi connectivity index (χ1v) is 13.7. The Morgan fingerprint density at radius 1 is 1.08 bits per heavy atom. The fraction of sp³-hybridized carbons (Fsp3) is 0.714. The molecule has 0 saturated heterocycles. The number of hydrogen-bond acceptors (Lipinski definition) is 3. The molecule has 1 aromatic rings. The molecule has 0 aromatic heterocycles. The van der Waals surface area contributed by atoms with Crippen LogP contribution in [0, 0.1) is 0 Å². The zero-order valence-electron chi connectivity index (χ0n) is 18.5. The van der Waals surface area contributed by atoms with Crippen molar-refractivity contribution in [1.82, 2.24) is 4.31 Å². The first-order chi connectivity index (χ1) is 11.7. The van der Waals surface area contributed by atoms with Crippen LogP contribution in [0.25, 0.3) is 0 Å². The lowest BCUT2D eigenvalue weighted by atomic mass is 10.0. The maximum absolute atomic E-state index is 12.8. The van der Waals surface area contributed by atoms with E-state index in [0.717, 1.165) is 18.6 Å². The van der Waals surface area contributed by atoms with Crippen LogP contribution in [0.3, 0.4) is 0 Å². The Balaban J connectivity index is 3.02. The minimum Gasteiger partial charge on any atom is -0.597 e. The molecule has 0 aliphatic carbocycles. The molecule has 0 fully saturated rings. The molecule has 3 nitrogen and oxygen atoms in total. The lowest BCUT2D eigenvalue weighted by Crippen LogP contribution is -2.44. The standard InChI is InChI=1S/C21H39NO2SSi/c1-11-12-19(22(8)25(23)20(2,3)4)17-13-15-18(16-14-17)24-26(9,10)21(5,6)7/h13-16,19H,11-12H2,1-10H3. The Hall–Kier alpha value is -0.493. The van der Waals surface area contributed by atoms with Crippen LogP contribution in [-0.2, 0) is 11.4 Å². The summed E-state index contributed by atoms with van der Waals surface area (Å²) in [6, 6.07) is 8.58. The average Bonchev–Trinajstić information content (AvgIpc) is 2.50. The summed E-state index contributed by atoms with van der Waals surface area (Å²) in [6.45, 7) is 19.5. The van der Waals surface area contributed by atoms with Crippen LogP contribution in [-0.4, -0.2) is 29.0 Å². The first kappa shape index (κ1) is 23.5. The number of rotatable bonds is 7. The van der Waals surface area contributed by atoms with Crippen LogP contribution in [0.1, 0.15) is 72.9 Å². The van der Waals surface area contributed by atoms with Crippen molar-refractivity contribution < 1.29 is 8.98 Å². The van der Waals surface area contributed by atoms with Crippen LogP contribution in [0.5, 0.6) is 5.75 Å². The second-order valence-corrected chi connectivity index (χ2v) is 16.7.